The molecule has 0 saturated carbocycles. The van der Waals surface area contributed by atoms with Crippen molar-refractivity contribution in [3.63, 3.8) is 0 Å². The van der Waals surface area contributed by atoms with E-state index < -0.39 is 5.60 Å². The molecule has 0 radical (unpaired) electrons. The molecule has 2 heterocycles. The molecule has 1 unspecified atom stereocenters. The van der Waals surface area contributed by atoms with Crippen molar-refractivity contribution in [2.24, 2.45) is 0 Å². The van der Waals surface area contributed by atoms with E-state index in [-0.39, 0.29) is 11.9 Å². The number of benzene rings is 1. The van der Waals surface area contributed by atoms with Gasteiger partial charge in [0.2, 0.25) is 5.89 Å². The van der Waals surface area contributed by atoms with Gasteiger partial charge in [0.05, 0.1) is 6.04 Å². The maximum atomic E-state index is 13.4. The van der Waals surface area contributed by atoms with Gasteiger partial charge in [0, 0.05) is 25.0 Å². The Balaban J connectivity index is 1.94. The first kappa shape index (κ1) is 12.9. The maximum Gasteiger partial charge on any atom is 0.315 e. The highest BCUT2D eigenvalue weighted by atomic mass is 19.1. The van der Waals surface area contributed by atoms with Crippen molar-refractivity contribution >= 4 is 6.01 Å². The van der Waals surface area contributed by atoms with Crippen molar-refractivity contribution in [1.29, 1.82) is 0 Å². The number of aryl methyl sites for hydroxylation is 1. The second kappa shape index (κ2) is 4.47. The lowest BCUT2D eigenvalue weighted by molar-refractivity contribution is 0.0750. The number of halogens is 1. The Morgan fingerprint density at radius 3 is 2.85 bits per heavy atom. The maximum absolute atomic E-state index is 13.4. The molecule has 5 nitrogen and oxygen atoms in total. The van der Waals surface area contributed by atoms with Crippen LogP contribution in [0.25, 0.3) is 0 Å². The lowest BCUT2D eigenvalue weighted by Gasteiger charge is -2.37. The topological polar surface area (TPSA) is 60.2 Å². The summed E-state index contributed by atoms with van der Waals surface area (Å²) in [4.78, 5) is 0. The normalized spacial score (nSPS) is 20.1. The fourth-order valence-corrected chi connectivity index (χ4v) is 2.46. The van der Waals surface area contributed by atoms with Crippen LogP contribution in [0.1, 0.15) is 37.8 Å². The summed E-state index contributed by atoms with van der Waals surface area (Å²) in [6.07, 6.45) is 0.715. The van der Waals surface area contributed by atoms with Crippen molar-refractivity contribution in [2.45, 2.75) is 38.8 Å². The van der Waals surface area contributed by atoms with Crippen molar-refractivity contribution in [3.8, 4) is 5.75 Å². The summed E-state index contributed by atoms with van der Waals surface area (Å²) in [7, 11) is 0. The van der Waals surface area contributed by atoms with Crippen molar-refractivity contribution in [1.82, 2.24) is 10.2 Å². The van der Waals surface area contributed by atoms with Gasteiger partial charge in [-0.3, -0.25) is 0 Å². The standard InChI is InChI=1S/C14H16FN3O2/c1-8-17-18-13(19-8)16-11-7-14(2,3)20-12-6-9(15)4-5-10(11)12/h4-6,11H,7H2,1-3H3,(H,16,18). The predicted octanol–water partition coefficient (Wildman–Crippen LogP) is 3.23. The van der Waals surface area contributed by atoms with Crippen LogP contribution in [0, 0.1) is 12.7 Å². The van der Waals surface area contributed by atoms with Crippen LogP contribution in [0.5, 0.6) is 5.75 Å². The number of nitrogens with one attached hydrogen (secondary N) is 1. The number of hydrogen-bond donors (Lipinski definition) is 1. The molecule has 1 N–H and O–H groups in total. The minimum Gasteiger partial charge on any atom is -0.487 e. The van der Waals surface area contributed by atoms with E-state index in [1.54, 1.807) is 13.0 Å². The van der Waals surface area contributed by atoms with Crippen LogP contribution >= 0.6 is 0 Å². The van der Waals surface area contributed by atoms with Crippen LogP contribution < -0.4 is 10.1 Å². The molecule has 6 heteroatoms. The predicted molar refractivity (Wildman–Crippen MR) is 71.1 cm³/mol. The first-order chi connectivity index (χ1) is 9.43. The molecule has 3 rings (SSSR count). The number of hydrogen-bond acceptors (Lipinski definition) is 5. The second-order valence-corrected chi connectivity index (χ2v) is 5.57. The fraction of sp³-hybridized carbons (Fsp3) is 0.429. The summed E-state index contributed by atoms with van der Waals surface area (Å²) < 4.78 is 24.5. The van der Waals surface area contributed by atoms with E-state index in [4.69, 9.17) is 9.15 Å². The molecule has 1 atom stereocenters. The second-order valence-electron chi connectivity index (χ2n) is 5.57. The molecule has 2 aromatic rings. The highest BCUT2D eigenvalue weighted by Crippen LogP contribution is 2.41. The Bertz CT molecular complexity index is 639. The number of fused-ring (bicyclic) bond motifs is 1. The van der Waals surface area contributed by atoms with E-state index >= 15 is 0 Å². The molecule has 106 valence electrons. The summed E-state index contributed by atoms with van der Waals surface area (Å²) in [5.74, 6) is 0.738. The van der Waals surface area contributed by atoms with E-state index in [1.165, 1.54) is 12.1 Å². The van der Waals surface area contributed by atoms with Crippen LogP contribution in [0.4, 0.5) is 10.4 Å². The molecule has 0 amide bonds. The Morgan fingerprint density at radius 2 is 2.15 bits per heavy atom. The fourth-order valence-electron chi connectivity index (χ4n) is 2.46. The molecule has 0 saturated heterocycles. The molecule has 0 spiro atoms. The summed E-state index contributed by atoms with van der Waals surface area (Å²) in [5.41, 5.74) is 0.495. The minimum atomic E-state index is -0.395. The van der Waals surface area contributed by atoms with Gasteiger partial charge in [-0.05, 0) is 19.9 Å². The van der Waals surface area contributed by atoms with E-state index in [9.17, 15) is 4.39 Å². The minimum absolute atomic E-state index is 0.0609. The van der Waals surface area contributed by atoms with E-state index in [1.807, 2.05) is 13.8 Å². The smallest absolute Gasteiger partial charge is 0.315 e. The highest BCUT2D eigenvalue weighted by Gasteiger charge is 2.34. The Kier molecular flexibility index (Phi) is 2.88. The lowest BCUT2D eigenvalue weighted by atomic mass is 9.90. The number of aromatic nitrogens is 2. The first-order valence-corrected chi connectivity index (χ1v) is 6.48. The average molecular weight is 277 g/mol. The summed E-state index contributed by atoms with van der Waals surface area (Å²) in [5, 5.41) is 10.9. The zero-order chi connectivity index (χ0) is 14.3. The summed E-state index contributed by atoms with van der Waals surface area (Å²) >= 11 is 0. The molecule has 0 aliphatic carbocycles. The quantitative estimate of drug-likeness (QED) is 0.913. The molecule has 0 bridgehead atoms. The van der Waals surface area contributed by atoms with Crippen LogP contribution in [-0.2, 0) is 0 Å². The molecule has 20 heavy (non-hydrogen) atoms. The third-order valence-electron chi connectivity index (χ3n) is 3.26. The molecule has 1 aromatic carbocycles. The Labute approximate surface area is 116 Å². The Morgan fingerprint density at radius 1 is 1.35 bits per heavy atom. The number of nitrogens with zero attached hydrogens (tertiary/aromatic N) is 2. The summed E-state index contributed by atoms with van der Waals surface area (Å²) in [6.45, 7) is 5.67. The van der Waals surface area contributed by atoms with E-state index in [0.29, 0.717) is 24.1 Å². The molecule has 1 aliphatic rings. The van der Waals surface area contributed by atoms with Crippen molar-refractivity contribution < 1.29 is 13.5 Å². The number of ether oxygens (including phenoxy) is 1. The van der Waals surface area contributed by atoms with Crippen LogP contribution in [0.15, 0.2) is 22.6 Å². The van der Waals surface area contributed by atoms with E-state index in [2.05, 4.69) is 15.5 Å². The molecule has 0 fully saturated rings. The van der Waals surface area contributed by atoms with Crippen molar-refractivity contribution in [3.05, 3.63) is 35.5 Å². The largest absolute Gasteiger partial charge is 0.487 e. The third-order valence-corrected chi connectivity index (χ3v) is 3.26. The first-order valence-electron chi connectivity index (χ1n) is 6.48. The number of rotatable bonds is 2. The molecular formula is C14H16FN3O2. The molecular weight excluding hydrogens is 261 g/mol. The van der Waals surface area contributed by atoms with Gasteiger partial charge in [-0.1, -0.05) is 11.2 Å². The Hall–Kier alpha value is -2.11. The van der Waals surface area contributed by atoms with Gasteiger partial charge < -0.3 is 14.5 Å². The average Bonchev–Trinajstić information content (AvgIpc) is 2.72. The molecule has 1 aliphatic heterocycles. The SMILES string of the molecule is Cc1nnc(NC2CC(C)(C)Oc3cc(F)ccc32)o1. The van der Waals surface area contributed by atoms with Crippen LogP contribution in [0.2, 0.25) is 0 Å². The lowest BCUT2D eigenvalue weighted by Crippen LogP contribution is -2.37. The zero-order valence-corrected chi connectivity index (χ0v) is 11.6. The van der Waals surface area contributed by atoms with Gasteiger partial charge in [0.25, 0.3) is 0 Å². The van der Waals surface area contributed by atoms with E-state index in [0.717, 1.165) is 5.56 Å². The van der Waals surface area contributed by atoms with Crippen LogP contribution in [-0.4, -0.2) is 15.8 Å². The van der Waals surface area contributed by atoms with Gasteiger partial charge >= 0.3 is 6.01 Å². The van der Waals surface area contributed by atoms with Gasteiger partial charge in [-0.25, -0.2) is 4.39 Å². The van der Waals surface area contributed by atoms with Gasteiger partial charge in [0.1, 0.15) is 17.2 Å². The molecule has 1 aromatic heterocycles. The van der Waals surface area contributed by atoms with Gasteiger partial charge in [-0.15, -0.1) is 5.10 Å². The van der Waals surface area contributed by atoms with Gasteiger partial charge in [0.15, 0.2) is 0 Å². The van der Waals surface area contributed by atoms with Gasteiger partial charge in [-0.2, -0.15) is 0 Å². The highest BCUT2D eigenvalue weighted by molar-refractivity contribution is 5.42. The van der Waals surface area contributed by atoms with Crippen LogP contribution in [0.3, 0.4) is 0 Å². The number of anilines is 1. The summed E-state index contributed by atoms with van der Waals surface area (Å²) in [6, 6.07) is 4.86. The third kappa shape index (κ3) is 2.45. The van der Waals surface area contributed by atoms with Crippen molar-refractivity contribution in [2.75, 3.05) is 5.32 Å². The monoisotopic (exact) mass is 277 g/mol. The zero-order valence-electron chi connectivity index (χ0n) is 11.6.